The summed E-state index contributed by atoms with van der Waals surface area (Å²) in [5.41, 5.74) is -0.699. The van der Waals surface area contributed by atoms with Crippen molar-refractivity contribution in [3.05, 3.63) is 22.7 Å². The van der Waals surface area contributed by atoms with Gasteiger partial charge in [-0.15, -0.1) is 0 Å². The summed E-state index contributed by atoms with van der Waals surface area (Å²) in [6.45, 7) is 0. The van der Waals surface area contributed by atoms with Gasteiger partial charge in [0.2, 0.25) is 0 Å². The summed E-state index contributed by atoms with van der Waals surface area (Å²) in [7, 11) is 4.03. The van der Waals surface area contributed by atoms with E-state index in [0.29, 0.717) is 5.82 Å². The molecule has 9 nitrogen and oxygen atoms in total. The summed E-state index contributed by atoms with van der Waals surface area (Å²) >= 11 is 0. The van der Waals surface area contributed by atoms with E-state index in [1.807, 2.05) is 0 Å². The molecule has 0 radical (unpaired) electrons. The Morgan fingerprint density at radius 1 is 1.41 bits per heavy atom. The molecule has 0 aliphatic rings. The molecule has 0 fully saturated rings. The fourth-order valence-electron chi connectivity index (χ4n) is 1.71. The zero-order valence-corrected chi connectivity index (χ0v) is 14.5. The smallest absolute Gasteiger partial charge is 0.351 e. The third-order valence-corrected chi connectivity index (χ3v) is 5.40. The first-order valence-electron chi connectivity index (χ1n) is 6.32. The van der Waals surface area contributed by atoms with E-state index in [2.05, 4.69) is 10.3 Å². The first-order chi connectivity index (χ1) is 10.4. The van der Waals surface area contributed by atoms with Crippen LogP contribution < -0.4 is 11.0 Å². The average Bonchev–Trinajstić information content (AvgIpc) is 2.46. The van der Waals surface area contributed by atoms with E-state index in [1.54, 1.807) is 7.05 Å². The van der Waals surface area contributed by atoms with Gasteiger partial charge in [-0.1, -0.05) is 0 Å². The van der Waals surface area contributed by atoms with Gasteiger partial charge in [-0.25, -0.2) is 4.79 Å². The largest absolute Gasteiger partial charge is 0.373 e. The third-order valence-electron chi connectivity index (χ3n) is 2.82. The maximum atomic E-state index is 11.8. The molecular weight excluding hydrogens is 332 g/mol. The van der Waals surface area contributed by atoms with Gasteiger partial charge >= 0.3 is 5.69 Å². The molecule has 0 saturated heterocycles. The zero-order valence-electron chi connectivity index (χ0n) is 12.5. The van der Waals surface area contributed by atoms with Crippen LogP contribution in [-0.2, 0) is 9.05 Å². The van der Waals surface area contributed by atoms with E-state index in [9.17, 15) is 20.1 Å². The molecule has 0 amide bonds. The summed E-state index contributed by atoms with van der Waals surface area (Å²) in [6, 6.07) is 1.49. The molecule has 22 heavy (non-hydrogen) atoms. The van der Waals surface area contributed by atoms with Crippen molar-refractivity contribution >= 4 is 23.4 Å². The van der Waals surface area contributed by atoms with E-state index >= 15 is 0 Å². The molecule has 4 N–H and O–H groups in total. The Hall–Kier alpha value is -0.660. The monoisotopic (exact) mass is 353 g/mol. The number of aromatic nitrogens is 2. The highest BCUT2D eigenvalue weighted by molar-refractivity contribution is 7.52. The van der Waals surface area contributed by atoms with Gasteiger partial charge in [-0.2, -0.15) is 4.98 Å². The molecule has 0 aromatic carbocycles. The Morgan fingerprint density at radius 3 is 2.45 bits per heavy atom. The lowest BCUT2D eigenvalue weighted by Crippen LogP contribution is -2.41. The van der Waals surface area contributed by atoms with Crippen molar-refractivity contribution in [3.63, 3.8) is 0 Å². The van der Waals surface area contributed by atoms with Gasteiger partial charge in [0.05, 0.1) is 5.40 Å². The quantitative estimate of drug-likeness (QED) is 0.351. The van der Waals surface area contributed by atoms with Crippen molar-refractivity contribution in [1.82, 2.24) is 9.55 Å². The normalized spacial score (nSPS) is 15.7. The molecule has 3 atom stereocenters. The van der Waals surface area contributed by atoms with Crippen LogP contribution in [0, 0.1) is 0 Å². The number of anilines is 1. The standard InChI is InChI=1S/C11H21N3O6P2/c1-12-7-4-5-14(10(16)13-7)8(15)6-11(17,18)9(21-19-2)22-20-3/h4-5,8-9,15,17-18,21-22H,6H2,1-3H3,(H,12,13,16). The number of hydrogen-bond acceptors (Lipinski definition) is 8. The van der Waals surface area contributed by atoms with Crippen LogP contribution in [0.4, 0.5) is 5.82 Å². The molecule has 126 valence electrons. The molecule has 11 heteroatoms. The molecule has 1 aromatic heterocycles. The summed E-state index contributed by atoms with van der Waals surface area (Å²) < 4.78 is 10.8. The van der Waals surface area contributed by atoms with Crippen LogP contribution in [0.2, 0.25) is 0 Å². The second kappa shape index (κ2) is 8.84. The van der Waals surface area contributed by atoms with Gasteiger partial charge in [0.15, 0.2) is 5.79 Å². The molecule has 0 aliphatic heterocycles. The summed E-state index contributed by atoms with van der Waals surface area (Å²) in [5.74, 6) is -1.89. The number of hydrogen-bond donors (Lipinski definition) is 4. The molecule has 1 rings (SSSR count). The maximum absolute atomic E-state index is 11.8. The van der Waals surface area contributed by atoms with Gasteiger partial charge in [-0.3, -0.25) is 4.57 Å². The second-order valence-corrected chi connectivity index (χ2v) is 7.41. The Kier molecular flexibility index (Phi) is 7.79. The highest BCUT2D eigenvalue weighted by Gasteiger charge is 2.38. The Balaban J connectivity index is 2.89. The van der Waals surface area contributed by atoms with Crippen molar-refractivity contribution in [1.29, 1.82) is 0 Å². The Labute approximate surface area is 131 Å². The van der Waals surface area contributed by atoms with E-state index in [-0.39, 0.29) is 17.6 Å². The highest BCUT2D eigenvalue weighted by atomic mass is 31.1. The van der Waals surface area contributed by atoms with Crippen molar-refractivity contribution in [2.45, 2.75) is 23.8 Å². The average molecular weight is 353 g/mol. The lowest BCUT2D eigenvalue weighted by atomic mass is 10.2. The lowest BCUT2D eigenvalue weighted by molar-refractivity contribution is -0.178. The van der Waals surface area contributed by atoms with Crippen LogP contribution in [0.1, 0.15) is 12.6 Å². The van der Waals surface area contributed by atoms with Crippen LogP contribution in [-0.4, -0.2) is 57.3 Å². The molecule has 0 aliphatic carbocycles. The number of nitrogens with zero attached hydrogens (tertiary/aromatic N) is 2. The van der Waals surface area contributed by atoms with Gasteiger partial charge < -0.3 is 29.7 Å². The summed E-state index contributed by atoms with van der Waals surface area (Å²) in [6.07, 6.45) is -0.592. The number of aliphatic hydroxyl groups is 3. The highest BCUT2D eigenvalue weighted by Crippen LogP contribution is 2.43. The predicted molar refractivity (Wildman–Crippen MR) is 85.5 cm³/mol. The van der Waals surface area contributed by atoms with Crippen LogP contribution >= 0.6 is 17.6 Å². The zero-order chi connectivity index (χ0) is 16.8. The molecule has 0 saturated carbocycles. The molecular formula is C11H21N3O6P2. The van der Waals surface area contributed by atoms with Gasteiger partial charge in [-0.05, 0) is 6.07 Å². The number of aliphatic hydroxyl groups excluding tert-OH is 1. The molecule has 1 heterocycles. The van der Waals surface area contributed by atoms with E-state index in [4.69, 9.17) is 9.05 Å². The molecule has 3 unspecified atom stereocenters. The maximum Gasteiger partial charge on any atom is 0.351 e. The predicted octanol–water partition coefficient (Wildman–Crippen LogP) is -0.347. The SMILES string of the molecule is CNc1ccn(C(O)CC(O)(O)C(POC)POC)c(=O)n1. The van der Waals surface area contributed by atoms with E-state index < -0.39 is 29.5 Å². The van der Waals surface area contributed by atoms with Crippen LogP contribution in [0.15, 0.2) is 17.1 Å². The third kappa shape index (κ3) is 5.21. The fourth-order valence-corrected chi connectivity index (χ4v) is 3.70. The minimum absolute atomic E-state index is 0.220. The number of nitrogens with one attached hydrogen (secondary N) is 1. The lowest BCUT2D eigenvalue weighted by Gasteiger charge is -2.31. The fraction of sp³-hybridized carbons (Fsp3) is 0.636. The van der Waals surface area contributed by atoms with Crippen molar-refractivity contribution in [2.75, 3.05) is 26.6 Å². The number of rotatable bonds is 9. The van der Waals surface area contributed by atoms with Gasteiger partial charge in [0, 0.05) is 51.5 Å². The van der Waals surface area contributed by atoms with Crippen molar-refractivity contribution in [2.24, 2.45) is 0 Å². The van der Waals surface area contributed by atoms with E-state index in [0.717, 1.165) is 4.57 Å². The Bertz CT molecular complexity index is 521. The van der Waals surface area contributed by atoms with Crippen LogP contribution in [0.5, 0.6) is 0 Å². The van der Waals surface area contributed by atoms with E-state index in [1.165, 1.54) is 26.5 Å². The van der Waals surface area contributed by atoms with Crippen molar-refractivity contribution < 1.29 is 24.4 Å². The van der Waals surface area contributed by atoms with Crippen LogP contribution in [0.25, 0.3) is 0 Å². The van der Waals surface area contributed by atoms with Gasteiger partial charge in [0.25, 0.3) is 0 Å². The Morgan fingerprint density at radius 2 is 2.00 bits per heavy atom. The van der Waals surface area contributed by atoms with Crippen LogP contribution in [0.3, 0.4) is 0 Å². The van der Waals surface area contributed by atoms with Crippen molar-refractivity contribution in [3.8, 4) is 0 Å². The summed E-state index contributed by atoms with van der Waals surface area (Å²) in [4.78, 5) is 15.5. The second-order valence-electron chi connectivity index (χ2n) is 4.39. The minimum Gasteiger partial charge on any atom is -0.373 e. The topological polar surface area (TPSA) is 126 Å². The molecule has 0 bridgehead atoms. The first kappa shape index (κ1) is 19.4. The molecule has 0 spiro atoms. The minimum atomic E-state index is -2.25. The van der Waals surface area contributed by atoms with Gasteiger partial charge in [0.1, 0.15) is 12.0 Å². The summed E-state index contributed by atoms with van der Waals surface area (Å²) in [5, 5.41) is 32.4. The first-order valence-corrected chi connectivity index (χ1v) is 8.29. The molecule has 1 aromatic rings.